The number of carbonyl (C=O) groups is 2. The maximum absolute atomic E-state index is 13.0. The number of carbonyl (C=O) groups excluding carboxylic acids is 1. The van der Waals surface area contributed by atoms with Crippen molar-refractivity contribution in [1.82, 2.24) is 14.5 Å². The van der Waals surface area contributed by atoms with Crippen LogP contribution < -0.4 is 5.69 Å². The Bertz CT molecular complexity index is 938. The van der Waals surface area contributed by atoms with Gasteiger partial charge in [0.05, 0.1) is 11.0 Å². The molecule has 0 bridgehead atoms. The maximum Gasteiger partial charge on any atom is 0.326 e. The lowest BCUT2D eigenvalue weighted by Crippen LogP contribution is -2.49. The van der Waals surface area contributed by atoms with Crippen LogP contribution in [0.5, 0.6) is 0 Å². The fraction of sp³-hybridized carbons (Fsp3) is 0.550. The Morgan fingerprint density at radius 3 is 2.63 bits per heavy atom. The van der Waals surface area contributed by atoms with Crippen LogP contribution in [0, 0.1) is 5.92 Å². The van der Waals surface area contributed by atoms with Crippen molar-refractivity contribution in [2.45, 2.75) is 57.5 Å². The minimum absolute atomic E-state index is 0.142. The third kappa shape index (κ3) is 3.15. The number of amides is 1. The largest absolute Gasteiger partial charge is 0.480 e. The number of hydrogen-bond donors (Lipinski definition) is 2. The molecule has 1 aliphatic heterocycles. The summed E-state index contributed by atoms with van der Waals surface area (Å²) in [6, 6.07) is 4.62. The lowest BCUT2D eigenvalue weighted by Gasteiger charge is -2.36. The molecule has 27 heavy (non-hydrogen) atoms. The molecule has 2 aromatic rings. The Morgan fingerprint density at radius 2 is 1.93 bits per heavy atom. The summed E-state index contributed by atoms with van der Waals surface area (Å²) >= 11 is 0. The number of rotatable bonds is 3. The number of H-pyrrole nitrogens is 1. The molecule has 7 nitrogen and oxygen atoms in total. The van der Waals surface area contributed by atoms with Gasteiger partial charge in [0.15, 0.2) is 0 Å². The van der Waals surface area contributed by atoms with Crippen LogP contribution >= 0.6 is 0 Å². The van der Waals surface area contributed by atoms with E-state index in [1.54, 1.807) is 22.8 Å². The molecule has 1 aliphatic carbocycles. The van der Waals surface area contributed by atoms with Crippen LogP contribution in [0.3, 0.4) is 0 Å². The van der Waals surface area contributed by atoms with E-state index >= 15 is 0 Å². The summed E-state index contributed by atoms with van der Waals surface area (Å²) in [7, 11) is 0. The first-order valence-corrected chi connectivity index (χ1v) is 9.73. The first-order valence-electron chi connectivity index (χ1n) is 9.73. The number of carboxylic acid groups (broad SMARTS) is 1. The summed E-state index contributed by atoms with van der Waals surface area (Å²) in [5.41, 5.74) is 1.72. The number of nitrogens with one attached hydrogen (secondary N) is 1. The number of piperidine rings is 1. The molecule has 0 radical (unpaired) electrons. The maximum atomic E-state index is 13.0. The standard InChI is InChI=1S/C20H25N3O4/c1-12-8-9-22(17(10-12)19(25)26)18(24)13-6-7-16-15(11-13)21-20(27)23(16)14-4-2-3-5-14/h6-7,11-12,14,17H,2-5,8-10H2,1H3,(H,21,27)(H,25,26). The fourth-order valence-corrected chi connectivity index (χ4v) is 4.57. The van der Waals surface area contributed by atoms with Crippen molar-refractivity contribution in [1.29, 1.82) is 0 Å². The van der Waals surface area contributed by atoms with E-state index in [4.69, 9.17) is 0 Å². The van der Waals surface area contributed by atoms with Gasteiger partial charge in [-0.1, -0.05) is 19.8 Å². The van der Waals surface area contributed by atoms with Gasteiger partial charge in [-0.25, -0.2) is 9.59 Å². The highest BCUT2D eigenvalue weighted by Crippen LogP contribution is 2.31. The van der Waals surface area contributed by atoms with Gasteiger partial charge in [0.25, 0.3) is 5.91 Å². The molecule has 144 valence electrons. The second-order valence-electron chi connectivity index (χ2n) is 7.95. The van der Waals surface area contributed by atoms with Gasteiger partial charge in [0.2, 0.25) is 0 Å². The predicted molar refractivity (Wildman–Crippen MR) is 101 cm³/mol. The van der Waals surface area contributed by atoms with E-state index in [2.05, 4.69) is 4.98 Å². The molecule has 1 aromatic heterocycles. The summed E-state index contributed by atoms with van der Waals surface area (Å²) in [4.78, 5) is 41.3. The van der Waals surface area contributed by atoms with Crippen molar-refractivity contribution in [3.8, 4) is 0 Å². The highest BCUT2D eigenvalue weighted by Gasteiger charge is 2.35. The SMILES string of the molecule is CC1CCN(C(=O)c2ccc3c(c2)[nH]c(=O)n3C2CCCC2)C(C(=O)O)C1. The molecule has 1 saturated heterocycles. The van der Waals surface area contributed by atoms with Crippen molar-refractivity contribution in [3.63, 3.8) is 0 Å². The number of aliphatic carboxylic acids is 1. The Labute approximate surface area is 157 Å². The Hall–Kier alpha value is -2.57. The molecule has 0 spiro atoms. The van der Waals surface area contributed by atoms with Crippen molar-refractivity contribution >= 4 is 22.9 Å². The molecular weight excluding hydrogens is 346 g/mol. The molecular formula is C20H25N3O4. The number of carboxylic acids is 1. The van der Waals surface area contributed by atoms with Gasteiger partial charge < -0.3 is 15.0 Å². The van der Waals surface area contributed by atoms with E-state index in [0.717, 1.165) is 37.6 Å². The van der Waals surface area contributed by atoms with Gasteiger partial charge >= 0.3 is 11.7 Å². The first-order chi connectivity index (χ1) is 13.0. The summed E-state index contributed by atoms with van der Waals surface area (Å²) in [5, 5.41) is 9.51. The molecule has 1 amide bonds. The minimum atomic E-state index is -0.961. The Morgan fingerprint density at radius 1 is 1.19 bits per heavy atom. The van der Waals surface area contributed by atoms with Crippen LogP contribution in [0.25, 0.3) is 11.0 Å². The van der Waals surface area contributed by atoms with Crippen molar-refractivity contribution < 1.29 is 14.7 Å². The molecule has 2 fully saturated rings. The predicted octanol–water partition coefficient (Wildman–Crippen LogP) is 2.77. The zero-order chi connectivity index (χ0) is 19.1. The molecule has 7 heteroatoms. The van der Waals surface area contributed by atoms with E-state index in [1.165, 1.54) is 4.90 Å². The number of aromatic amines is 1. The van der Waals surface area contributed by atoms with Crippen LogP contribution in [0.2, 0.25) is 0 Å². The Balaban J connectivity index is 1.66. The molecule has 1 saturated carbocycles. The second kappa shape index (κ2) is 6.87. The highest BCUT2D eigenvalue weighted by atomic mass is 16.4. The lowest BCUT2D eigenvalue weighted by molar-refractivity contribution is -0.144. The number of aromatic nitrogens is 2. The van der Waals surface area contributed by atoms with Crippen LogP contribution in [0.4, 0.5) is 0 Å². The van der Waals surface area contributed by atoms with E-state index in [0.29, 0.717) is 24.0 Å². The normalized spacial score (nSPS) is 23.8. The number of hydrogen-bond acceptors (Lipinski definition) is 3. The van der Waals surface area contributed by atoms with Gasteiger partial charge in [-0.05, 0) is 49.8 Å². The van der Waals surface area contributed by atoms with Gasteiger partial charge in [0, 0.05) is 18.2 Å². The van der Waals surface area contributed by atoms with Crippen LogP contribution in [0.15, 0.2) is 23.0 Å². The van der Waals surface area contributed by atoms with Gasteiger partial charge in [0.1, 0.15) is 6.04 Å². The third-order valence-corrected chi connectivity index (χ3v) is 6.06. The number of likely N-dealkylation sites (tertiary alicyclic amines) is 1. The molecule has 2 atom stereocenters. The number of nitrogens with zero attached hydrogens (tertiary/aromatic N) is 2. The van der Waals surface area contributed by atoms with Gasteiger partial charge in [-0.15, -0.1) is 0 Å². The number of benzene rings is 1. The van der Waals surface area contributed by atoms with Crippen LogP contribution in [0.1, 0.15) is 61.8 Å². The highest BCUT2D eigenvalue weighted by molar-refractivity contribution is 5.99. The van der Waals surface area contributed by atoms with Crippen molar-refractivity contribution in [2.24, 2.45) is 5.92 Å². The van der Waals surface area contributed by atoms with Gasteiger partial charge in [-0.3, -0.25) is 9.36 Å². The van der Waals surface area contributed by atoms with E-state index in [-0.39, 0.29) is 23.6 Å². The topological polar surface area (TPSA) is 95.4 Å². The van der Waals surface area contributed by atoms with Gasteiger partial charge in [-0.2, -0.15) is 0 Å². The zero-order valence-corrected chi connectivity index (χ0v) is 15.5. The average molecular weight is 371 g/mol. The van der Waals surface area contributed by atoms with E-state index in [1.807, 2.05) is 6.92 Å². The molecule has 2 unspecified atom stereocenters. The summed E-state index contributed by atoms with van der Waals surface area (Å²) in [5.74, 6) is -0.961. The lowest BCUT2D eigenvalue weighted by atomic mass is 9.92. The summed E-state index contributed by atoms with van der Waals surface area (Å²) in [6.45, 7) is 2.45. The van der Waals surface area contributed by atoms with E-state index in [9.17, 15) is 19.5 Å². The van der Waals surface area contributed by atoms with E-state index < -0.39 is 12.0 Å². The summed E-state index contributed by atoms with van der Waals surface area (Å²) in [6.07, 6.45) is 5.53. The molecule has 2 heterocycles. The minimum Gasteiger partial charge on any atom is -0.480 e. The molecule has 2 aliphatic rings. The molecule has 1 aromatic carbocycles. The monoisotopic (exact) mass is 371 g/mol. The first kappa shape index (κ1) is 17.8. The van der Waals surface area contributed by atoms with Crippen molar-refractivity contribution in [3.05, 3.63) is 34.2 Å². The zero-order valence-electron chi connectivity index (χ0n) is 15.5. The quantitative estimate of drug-likeness (QED) is 0.867. The smallest absolute Gasteiger partial charge is 0.326 e. The molecule has 2 N–H and O–H groups in total. The molecule has 4 rings (SSSR count). The summed E-state index contributed by atoms with van der Waals surface area (Å²) < 4.78 is 1.80. The Kier molecular flexibility index (Phi) is 4.53. The van der Waals surface area contributed by atoms with Crippen LogP contribution in [-0.2, 0) is 4.79 Å². The van der Waals surface area contributed by atoms with Crippen LogP contribution in [-0.4, -0.2) is 44.0 Å². The fourth-order valence-electron chi connectivity index (χ4n) is 4.57. The number of fused-ring (bicyclic) bond motifs is 1. The third-order valence-electron chi connectivity index (χ3n) is 6.06. The average Bonchev–Trinajstić information content (AvgIpc) is 3.26. The second-order valence-corrected chi connectivity index (χ2v) is 7.95. The number of imidazole rings is 1. The van der Waals surface area contributed by atoms with Crippen molar-refractivity contribution in [2.75, 3.05) is 6.54 Å².